The molecular formula is C13H19N3O. The molecule has 0 aliphatic heterocycles. The van der Waals surface area contributed by atoms with Crippen LogP contribution >= 0.6 is 0 Å². The zero-order valence-electron chi connectivity index (χ0n) is 9.98. The zero-order valence-corrected chi connectivity index (χ0v) is 9.98. The number of carbonyl (C=O) groups is 1. The first-order chi connectivity index (χ1) is 8.25. The number of nitrogens with two attached hydrogens (primary N) is 1. The Balaban J connectivity index is 1.79. The molecule has 2 rings (SSSR count). The van der Waals surface area contributed by atoms with Gasteiger partial charge in [0.25, 0.3) is 0 Å². The highest BCUT2D eigenvalue weighted by Gasteiger charge is 2.15. The lowest BCUT2D eigenvalue weighted by Gasteiger charge is -2.11. The van der Waals surface area contributed by atoms with Crippen molar-refractivity contribution in [2.24, 2.45) is 0 Å². The van der Waals surface area contributed by atoms with Crippen LogP contribution in [0.5, 0.6) is 0 Å². The van der Waals surface area contributed by atoms with Gasteiger partial charge in [-0.15, -0.1) is 0 Å². The molecule has 1 aromatic rings. The Morgan fingerprint density at radius 2 is 2.24 bits per heavy atom. The van der Waals surface area contributed by atoms with E-state index in [2.05, 4.69) is 10.3 Å². The molecule has 0 bridgehead atoms. The highest BCUT2D eigenvalue weighted by molar-refractivity contribution is 5.83. The predicted octanol–water partition coefficient (Wildman–Crippen LogP) is 1.31. The Morgan fingerprint density at radius 1 is 1.47 bits per heavy atom. The molecule has 0 atom stereocenters. The van der Waals surface area contributed by atoms with E-state index in [0.29, 0.717) is 24.8 Å². The molecule has 0 aromatic carbocycles. The second-order valence-corrected chi connectivity index (χ2v) is 4.63. The van der Waals surface area contributed by atoms with Crippen LogP contribution in [0.3, 0.4) is 0 Å². The summed E-state index contributed by atoms with van der Waals surface area (Å²) >= 11 is 0. The molecule has 3 N–H and O–H groups in total. The molecule has 4 heteroatoms. The minimum atomic E-state index is 0.177. The third-order valence-corrected chi connectivity index (χ3v) is 3.26. The van der Waals surface area contributed by atoms with Crippen molar-refractivity contribution >= 4 is 11.6 Å². The monoisotopic (exact) mass is 233 g/mol. The molecule has 0 unspecified atom stereocenters. The molecule has 0 amide bonds. The van der Waals surface area contributed by atoms with Crippen molar-refractivity contribution in [3.63, 3.8) is 0 Å². The van der Waals surface area contributed by atoms with Gasteiger partial charge in [-0.3, -0.25) is 4.79 Å². The van der Waals surface area contributed by atoms with Gasteiger partial charge in [-0.2, -0.15) is 0 Å². The molecule has 1 heterocycles. The number of nitrogens with zero attached hydrogens (tertiary/aromatic N) is 1. The van der Waals surface area contributed by atoms with Crippen LogP contribution in [0.2, 0.25) is 0 Å². The highest BCUT2D eigenvalue weighted by Crippen LogP contribution is 2.17. The summed E-state index contributed by atoms with van der Waals surface area (Å²) in [5.74, 6) is 0.637. The van der Waals surface area contributed by atoms with Crippen molar-refractivity contribution in [3.8, 4) is 0 Å². The van der Waals surface area contributed by atoms with Gasteiger partial charge in [0.1, 0.15) is 5.82 Å². The largest absolute Gasteiger partial charge is 0.383 e. The lowest BCUT2D eigenvalue weighted by molar-refractivity contribution is -0.117. The number of hydrogen-bond donors (Lipinski definition) is 2. The molecule has 0 saturated heterocycles. The molecule has 1 aliphatic carbocycles. The van der Waals surface area contributed by atoms with Gasteiger partial charge in [0.15, 0.2) is 5.78 Å². The van der Waals surface area contributed by atoms with Crippen molar-refractivity contribution < 1.29 is 4.79 Å². The van der Waals surface area contributed by atoms with Gasteiger partial charge in [0, 0.05) is 24.2 Å². The maximum absolute atomic E-state index is 11.8. The summed E-state index contributed by atoms with van der Waals surface area (Å²) in [6.07, 6.45) is 6.97. The van der Waals surface area contributed by atoms with E-state index >= 15 is 0 Å². The van der Waals surface area contributed by atoms with E-state index < -0.39 is 0 Å². The van der Waals surface area contributed by atoms with Crippen LogP contribution in [0, 0.1) is 0 Å². The summed E-state index contributed by atoms with van der Waals surface area (Å²) in [6.45, 7) is 0.443. The standard InChI is InChI=1S/C13H19N3O/c14-13-10(4-3-7-15-13)8-12(17)9-16-11-5-1-2-6-11/h3-4,7,11,16H,1-2,5-6,8-9H2,(H2,14,15). The third-order valence-electron chi connectivity index (χ3n) is 3.26. The summed E-state index contributed by atoms with van der Waals surface area (Å²) in [6, 6.07) is 4.20. The molecule has 0 radical (unpaired) electrons. The second-order valence-electron chi connectivity index (χ2n) is 4.63. The van der Waals surface area contributed by atoms with Gasteiger partial charge >= 0.3 is 0 Å². The van der Waals surface area contributed by atoms with Crippen LogP contribution in [-0.4, -0.2) is 23.4 Å². The summed E-state index contributed by atoms with van der Waals surface area (Å²) in [5.41, 5.74) is 6.53. The Hall–Kier alpha value is -1.42. The smallest absolute Gasteiger partial charge is 0.151 e. The predicted molar refractivity (Wildman–Crippen MR) is 67.6 cm³/mol. The number of anilines is 1. The number of Topliss-reactive ketones (excluding diaryl/α,β-unsaturated/α-hetero) is 1. The molecular weight excluding hydrogens is 214 g/mol. The number of rotatable bonds is 5. The van der Waals surface area contributed by atoms with Crippen LogP contribution in [-0.2, 0) is 11.2 Å². The summed E-state index contributed by atoms with van der Waals surface area (Å²) in [4.78, 5) is 15.8. The van der Waals surface area contributed by atoms with E-state index in [1.54, 1.807) is 6.20 Å². The van der Waals surface area contributed by atoms with E-state index in [1.165, 1.54) is 25.7 Å². The normalized spacial score (nSPS) is 16.2. The number of ketones is 1. The van der Waals surface area contributed by atoms with E-state index in [4.69, 9.17) is 5.73 Å². The molecule has 92 valence electrons. The number of nitrogen functional groups attached to an aromatic ring is 1. The fourth-order valence-electron chi connectivity index (χ4n) is 2.26. The molecule has 0 spiro atoms. The van der Waals surface area contributed by atoms with Crippen LogP contribution in [0.1, 0.15) is 31.2 Å². The number of pyridine rings is 1. The Morgan fingerprint density at radius 3 is 2.94 bits per heavy atom. The quantitative estimate of drug-likeness (QED) is 0.804. The fourth-order valence-corrected chi connectivity index (χ4v) is 2.26. The summed E-state index contributed by atoms with van der Waals surface area (Å²) < 4.78 is 0. The highest BCUT2D eigenvalue weighted by atomic mass is 16.1. The summed E-state index contributed by atoms with van der Waals surface area (Å²) in [5, 5.41) is 3.31. The number of carbonyl (C=O) groups excluding carboxylic acids is 1. The van der Waals surface area contributed by atoms with Gasteiger partial charge in [-0.25, -0.2) is 4.98 Å². The average molecular weight is 233 g/mol. The van der Waals surface area contributed by atoms with E-state index in [0.717, 1.165) is 5.56 Å². The Bertz CT molecular complexity index is 386. The Labute approximate surface area is 102 Å². The third kappa shape index (κ3) is 3.53. The number of nitrogens with one attached hydrogen (secondary N) is 1. The van der Waals surface area contributed by atoms with Crippen molar-refractivity contribution in [3.05, 3.63) is 23.9 Å². The van der Waals surface area contributed by atoms with Gasteiger partial charge < -0.3 is 11.1 Å². The molecule has 1 saturated carbocycles. The first-order valence-electron chi connectivity index (χ1n) is 6.20. The second kappa shape index (κ2) is 5.77. The van der Waals surface area contributed by atoms with Crippen LogP contribution in [0.4, 0.5) is 5.82 Å². The van der Waals surface area contributed by atoms with E-state index in [1.807, 2.05) is 12.1 Å². The number of hydrogen-bond acceptors (Lipinski definition) is 4. The molecule has 17 heavy (non-hydrogen) atoms. The maximum Gasteiger partial charge on any atom is 0.151 e. The summed E-state index contributed by atoms with van der Waals surface area (Å²) in [7, 11) is 0. The van der Waals surface area contributed by atoms with Crippen LogP contribution in [0.25, 0.3) is 0 Å². The average Bonchev–Trinajstić information content (AvgIpc) is 2.82. The topological polar surface area (TPSA) is 68.0 Å². The molecule has 1 fully saturated rings. The maximum atomic E-state index is 11.8. The van der Waals surface area contributed by atoms with Crippen LogP contribution in [0.15, 0.2) is 18.3 Å². The van der Waals surface area contributed by atoms with Crippen molar-refractivity contribution in [2.75, 3.05) is 12.3 Å². The first-order valence-corrected chi connectivity index (χ1v) is 6.20. The van der Waals surface area contributed by atoms with Crippen molar-refractivity contribution in [2.45, 2.75) is 38.1 Å². The fraction of sp³-hybridized carbons (Fsp3) is 0.538. The molecule has 4 nitrogen and oxygen atoms in total. The zero-order chi connectivity index (χ0) is 12.1. The van der Waals surface area contributed by atoms with Gasteiger partial charge in [-0.1, -0.05) is 18.9 Å². The van der Waals surface area contributed by atoms with Gasteiger partial charge in [0.2, 0.25) is 0 Å². The minimum Gasteiger partial charge on any atom is -0.383 e. The minimum absolute atomic E-state index is 0.177. The molecule has 1 aromatic heterocycles. The Kier molecular flexibility index (Phi) is 4.09. The van der Waals surface area contributed by atoms with E-state index in [-0.39, 0.29) is 5.78 Å². The van der Waals surface area contributed by atoms with Crippen molar-refractivity contribution in [1.82, 2.24) is 10.3 Å². The lowest BCUT2D eigenvalue weighted by atomic mass is 10.1. The molecule has 1 aliphatic rings. The lowest BCUT2D eigenvalue weighted by Crippen LogP contribution is -2.32. The first kappa shape index (κ1) is 12.0. The van der Waals surface area contributed by atoms with E-state index in [9.17, 15) is 4.79 Å². The van der Waals surface area contributed by atoms with Crippen molar-refractivity contribution in [1.29, 1.82) is 0 Å². The SMILES string of the molecule is Nc1ncccc1CC(=O)CNC1CCCC1. The van der Waals surface area contributed by atoms with Gasteiger partial charge in [0.05, 0.1) is 6.54 Å². The number of aromatic nitrogens is 1. The van der Waals surface area contributed by atoms with Crippen LogP contribution < -0.4 is 11.1 Å². The van der Waals surface area contributed by atoms with Gasteiger partial charge in [-0.05, 0) is 18.9 Å².